The molecule has 3 aromatic rings. The van der Waals surface area contributed by atoms with Gasteiger partial charge < -0.3 is 24.8 Å². The Hall–Kier alpha value is -3.62. The first-order valence-electron chi connectivity index (χ1n) is 13.1. The van der Waals surface area contributed by atoms with Crippen molar-refractivity contribution in [3.05, 3.63) is 98.6 Å². The SMILES string of the molecule is O=C(C1Cc2cc(N([O-])O)ccc2N2CC3CC(Cn4c3cccc4=O)C12)N1CCc2ccccc2C1. The van der Waals surface area contributed by atoms with Gasteiger partial charge in [0.2, 0.25) is 5.91 Å². The number of hydrogen-bond donors (Lipinski definition) is 1. The van der Waals surface area contributed by atoms with Crippen molar-refractivity contribution in [2.45, 2.75) is 44.3 Å². The smallest absolute Gasteiger partial charge is 0.250 e. The van der Waals surface area contributed by atoms with Gasteiger partial charge in [0.25, 0.3) is 5.56 Å². The first-order chi connectivity index (χ1) is 18.0. The van der Waals surface area contributed by atoms with E-state index in [2.05, 4.69) is 17.0 Å². The molecule has 4 aliphatic rings. The van der Waals surface area contributed by atoms with Crippen LogP contribution in [0.15, 0.2) is 65.5 Å². The van der Waals surface area contributed by atoms with Crippen LogP contribution in [0.5, 0.6) is 0 Å². The molecule has 0 saturated carbocycles. The number of carbonyl (C=O) groups is 1. The molecule has 1 N–H and O–H groups in total. The van der Waals surface area contributed by atoms with Crippen LogP contribution in [0.25, 0.3) is 0 Å². The average Bonchev–Trinajstić information content (AvgIpc) is 2.92. The number of carbonyl (C=O) groups excluding carboxylic acids is 1. The standard InChI is InChI=1S/C29H29N4O4/c34-27-7-3-6-25-21-12-22(17-31(25)27)28-24(29(35)30-11-10-18-4-1-2-5-19(18)15-30)14-20-13-23(33(36)37)8-9-26(20)32(28)16-21/h1-9,13,21-22,24,28,36H,10-12,14-17H2/q-1. The fourth-order valence-electron chi connectivity index (χ4n) is 7.36. The van der Waals surface area contributed by atoms with Crippen LogP contribution in [-0.4, -0.2) is 39.7 Å². The van der Waals surface area contributed by atoms with Crippen LogP contribution in [0.3, 0.4) is 0 Å². The third kappa shape index (κ3) is 3.58. The second-order valence-electron chi connectivity index (χ2n) is 10.9. The number of rotatable bonds is 2. The lowest BCUT2D eigenvalue weighted by molar-refractivity contribution is -0.138. The first kappa shape index (κ1) is 22.6. The largest absolute Gasteiger partial charge is 0.733 e. The van der Waals surface area contributed by atoms with Crippen LogP contribution < -0.4 is 15.7 Å². The molecule has 2 aromatic carbocycles. The van der Waals surface area contributed by atoms with E-state index in [0.29, 0.717) is 32.6 Å². The van der Waals surface area contributed by atoms with E-state index in [1.54, 1.807) is 18.2 Å². The van der Waals surface area contributed by atoms with Crippen molar-refractivity contribution in [3.8, 4) is 0 Å². The number of aromatic nitrogens is 1. The van der Waals surface area contributed by atoms with E-state index in [1.165, 1.54) is 11.1 Å². The van der Waals surface area contributed by atoms with E-state index in [-0.39, 0.29) is 46.2 Å². The van der Waals surface area contributed by atoms with E-state index in [1.807, 2.05) is 39.8 Å². The lowest BCUT2D eigenvalue weighted by atomic mass is 9.69. The van der Waals surface area contributed by atoms with Crippen LogP contribution in [0.2, 0.25) is 0 Å². The van der Waals surface area contributed by atoms with Crippen LogP contribution in [0.1, 0.15) is 34.7 Å². The topological polar surface area (TPSA) is 92.1 Å². The Morgan fingerprint density at radius 1 is 1.00 bits per heavy atom. The molecule has 8 nitrogen and oxygen atoms in total. The van der Waals surface area contributed by atoms with Gasteiger partial charge in [0, 0.05) is 55.6 Å². The number of fused-ring (bicyclic) bond motifs is 9. The molecule has 8 heteroatoms. The maximum absolute atomic E-state index is 14.2. The highest BCUT2D eigenvalue weighted by molar-refractivity contribution is 5.83. The molecule has 2 bridgehead atoms. The van der Waals surface area contributed by atoms with Gasteiger partial charge in [0.1, 0.15) is 0 Å². The van der Waals surface area contributed by atoms with Gasteiger partial charge in [-0.15, -0.1) is 0 Å². The van der Waals surface area contributed by atoms with Crippen LogP contribution in [-0.2, 0) is 30.7 Å². The molecule has 1 saturated heterocycles. The first-order valence-corrected chi connectivity index (χ1v) is 13.1. The Labute approximate surface area is 214 Å². The van der Waals surface area contributed by atoms with Gasteiger partial charge in [0.15, 0.2) is 0 Å². The van der Waals surface area contributed by atoms with E-state index >= 15 is 0 Å². The summed E-state index contributed by atoms with van der Waals surface area (Å²) in [4.78, 5) is 31.3. The summed E-state index contributed by atoms with van der Waals surface area (Å²) in [5.41, 5.74) is 5.67. The van der Waals surface area contributed by atoms with Gasteiger partial charge in [0.05, 0.1) is 11.6 Å². The summed E-state index contributed by atoms with van der Waals surface area (Å²) in [7, 11) is 0. The predicted octanol–water partition coefficient (Wildman–Crippen LogP) is 3.29. The third-order valence-electron chi connectivity index (χ3n) is 8.97. The van der Waals surface area contributed by atoms with Crippen molar-refractivity contribution in [2.24, 2.45) is 11.8 Å². The lowest BCUT2D eigenvalue weighted by Gasteiger charge is -2.55. The lowest BCUT2D eigenvalue weighted by Crippen LogP contribution is -2.61. The summed E-state index contributed by atoms with van der Waals surface area (Å²) >= 11 is 0. The Morgan fingerprint density at radius 3 is 2.68 bits per heavy atom. The minimum atomic E-state index is -0.293. The second kappa shape index (κ2) is 8.46. The van der Waals surface area contributed by atoms with E-state index in [9.17, 15) is 20.0 Å². The van der Waals surface area contributed by atoms with Gasteiger partial charge in [-0.1, -0.05) is 30.3 Å². The molecule has 1 fully saturated rings. The Balaban J connectivity index is 1.29. The van der Waals surface area contributed by atoms with Gasteiger partial charge >= 0.3 is 0 Å². The molecule has 4 atom stereocenters. The maximum atomic E-state index is 14.2. The minimum absolute atomic E-state index is 0.0236. The quantitative estimate of drug-likeness (QED) is 0.547. The fourth-order valence-corrected chi connectivity index (χ4v) is 7.36. The predicted molar refractivity (Wildman–Crippen MR) is 140 cm³/mol. The van der Waals surface area contributed by atoms with Crippen molar-refractivity contribution in [2.75, 3.05) is 23.2 Å². The molecule has 0 radical (unpaired) electrons. The normalized spacial score (nSPS) is 25.5. The Kier molecular flexibility index (Phi) is 5.16. The highest BCUT2D eigenvalue weighted by Gasteiger charge is 2.50. The average molecular weight is 498 g/mol. The molecule has 5 heterocycles. The summed E-state index contributed by atoms with van der Waals surface area (Å²) in [5.74, 6) is 0.201. The van der Waals surface area contributed by atoms with E-state index < -0.39 is 0 Å². The third-order valence-corrected chi connectivity index (χ3v) is 8.97. The molecule has 0 aliphatic carbocycles. The zero-order chi connectivity index (χ0) is 25.3. The number of piperidine rings is 1. The molecule has 4 unspecified atom stereocenters. The molecule has 190 valence electrons. The molecular formula is C29H29N4O4-. The molecule has 1 aromatic heterocycles. The van der Waals surface area contributed by atoms with Gasteiger partial charge in [-0.2, -0.15) is 0 Å². The van der Waals surface area contributed by atoms with Gasteiger partial charge in [-0.25, -0.2) is 0 Å². The van der Waals surface area contributed by atoms with Crippen molar-refractivity contribution in [3.63, 3.8) is 0 Å². The highest BCUT2D eigenvalue weighted by Crippen LogP contribution is 2.48. The molecule has 1 amide bonds. The second-order valence-corrected chi connectivity index (χ2v) is 10.9. The summed E-state index contributed by atoms with van der Waals surface area (Å²) in [6.45, 7) is 2.61. The fraction of sp³-hybridized carbons (Fsp3) is 0.379. The summed E-state index contributed by atoms with van der Waals surface area (Å²) in [6, 6.07) is 19.0. The number of anilines is 2. The molecule has 0 spiro atoms. The van der Waals surface area contributed by atoms with Gasteiger partial charge in [-0.05, 0) is 66.1 Å². The number of nitrogens with zero attached hydrogens (tertiary/aromatic N) is 4. The Morgan fingerprint density at radius 2 is 1.84 bits per heavy atom. The van der Waals surface area contributed by atoms with Crippen molar-refractivity contribution in [1.29, 1.82) is 0 Å². The summed E-state index contributed by atoms with van der Waals surface area (Å²) in [6.07, 6.45) is 2.30. The minimum Gasteiger partial charge on any atom is -0.733 e. The molecule has 4 aliphatic heterocycles. The van der Waals surface area contributed by atoms with Crippen molar-refractivity contribution in [1.82, 2.24) is 9.47 Å². The molecular weight excluding hydrogens is 468 g/mol. The van der Waals surface area contributed by atoms with Crippen LogP contribution in [0, 0.1) is 17.0 Å². The van der Waals surface area contributed by atoms with Crippen molar-refractivity contribution < 1.29 is 10.0 Å². The van der Waals surface area contributed by atoms with E-state index in [0.717, 1.165) is 29.8 Å². The Bertz CT molecular complexity index is 1450. The summed E-state index contributed by atoms with van der Waals surface area (Å²) in [5, 5.41) is 21.1. The zero-order valence-corrected chi connectivity index (χ0v) is 20.5. The maximum Gasteiger partial charge on any atom is 0.250 e. The number of benzene rings is 2. The van der Waals surface area contributed by atoms with Crippen LogP contribution >= 0.6 is 0 Å². The molecule has 37 heavy (non-hydrogen) atoms. The summed E-state index contributed by atoms with van der Waals surface area (Å²) < 4.78 is 1.91. The number of amides is 1. The zero-order valence-electron chi connectivity index (χ0n) is 20.5. The van der Waals surface area contributed by atoms with Crippen LogP contribution in [0.4, 0.5) is 11.4 Å². The monoisotopic (exact) mass is 497 g/mol. The van der Waals surface area contributed by atoms with Gasteiger partial charge in [-0.3, -0.25) is 14.8 Å². The number of pyridine rings is 1. The molecule has 7 rings (SSSR count). The van der Waals surface area contributed by atoms with Crippen molar-refractivity contribution >= 4 is 17.3 Å². The highest BCUT2D eigenvalue weighted by atomic mass is 16.8. The number of hydrogen-bond acceptors (Lipinski definition) is 6. The van der Waals surface area contributed by atoms with E-state index in [4.69, 9.17) is 0 Å².